The first-order valence-corrected chi connectivity index (χ1v) is 4.25. The van der Waals surface area contributed by atoms with Crippen LogP contribution in [0.15, 0.2) is 27.9 Å². The maximum atomic E-state index is 5.86. The van der Waals surface area contributed by atoms with Crippen LogP contribution >= 0.6 is 11.6 Å². The van der Waals surface area contributed by atoms with Gasteiger partial charge < -0.3 is 11.1 Å². The lowest BCUT2D eigenvalue weighted by Gasteiger charge is -2.27. The zero-order chi connectivity index (χ0) is 8.55. The number of allylic oxidation sites excluding steroid dienone is 2. The molecule has 0 saturated carbocycles. The summed E-state index contributed by atoms with van der Waals surface area (Å²) in [6.07, 6.45) is 6.17. The molecule has 64 valence electrons. The Hall–Kier alpha value is -0.800. The van der Waals surface area contributed by atoms with Gasteiger partial charge in [-0.2, -0.15) is 0 Å². The van der Waals surface area contributed by atoms with Gasteiger partial charge in [-0.1, -0.05) is 11.6 Å². The summed E-state index contributed by atoms with van der Waals surface area (Å²) in [7, 11) is 0. The first-order valence-electron chi connectivity index (χ1n) is 3.87. The lowest BCUT2D eigenvalue weighted by molar-refractivity contribution is 0.607. The summed E-state index contributed by atoms with van der Waals surface area (Å²) < 4.78 is 0. The highest BCUT2D eigenvalue weighted by Crippen LogP contribution is 2.23. The Balaban J connectivity index is 2.25. The first kappa shape index (κ1) is 7.83. The molecule has 0 aromatic carbocycles. The standard InChI is InChI=1S/C8H10ClN3/c9-5-1-2-6-7(3-5)11-4-8(10)12-6/h1-2,4,7-8,12H,3,10H2. The van der Waals surface area contributed by atoms with E-state index in [1.54, 1.807) is 6.21 Å². The molecule has 0 spiro atoms. The van der Waals surface area contributed by atoms with Gasteiger partial charge in [-0.3, -0.25) is 4.99 Å². The van der Waals surface area contributed by atoms with Gasteiger partial charge in [-0.25, -0.2) is 0 Å². The number of fused-ring (bicyclic) bond motifs is 1. The van der Waals surface area contributed by atoms with Gasteiger partial charge in [0.15, 0.2) is 0 Å². The van der Waals surface area contributed by atoms with Crippen LogP contribution < -0.4 is 11.1 Å². The second-order valence-corrected chi connectivity index (χ2v) is 3.41. The Bertz CT molecular complexity index is 280. The van der Waals surface area contributed by atoms with Gasteiger partial charge in [0, 0.05) is 23.4 Å². The molecule has 3 nitrogen and oxygen atoms in total. The molecular weight excluding hydrogens is 174 g/mol. The van der Waals surface area contributed by atoms with E-state index < -0.39 is 0 Å². The number of rotatable bonds is 0. The molecule has 0 aromatic heterocycles. The molecule has 0 amide bonds. The number of nitrogens with zero attached hydrogens (tertiary/aromatic N) is 1. The molecule has 4 heteroatoms. The molecule has 2 aliphatic rings. The second kappa shape index (κ2) is 2.92. The van der Waals surface area contributed by atoms with Crippen molar-refractivity contribution in [3.63, 3.8) is 0 Å². The van der Waals surface area contributed by atoms with E-state index in [4.69, 9.17) is 17.3 Å². The normalized spacial score (nSPS) is 33.2. The molecule has 2 rings (SSSR count). The van der Waals surface area contributed by atoms with Crippen molar-refractivity contribution >= 4 is 17.8 Å². The maximum Gasteiger partial charge on any atom is 0.110 e. The molecule has 0 radical (unpaired) electrons. The third kappa shape index (κ3) is 1.38. The molecule has 12 heavy (non-hydrogen) atoms. The molecule has 2 unspecified atom stereocenters. The number of aliphatic imine (C=N–C) groups is 1. The number of hydrogen-bond donors (Lipinski definition) is 2. The smallest absolute Gasteiger partial charge is 0.110 e. The molecule has 1 aliphatic heterocycles. The summed E-state index contributed by atoms with van der Waals surface area (Å²) in [6.45, 7) is 0. The van der Waals surface area contributed by atoms with E-state index in [9.17, 15) is 0 Å². The third-order valence-electron chi connectivity index (χ3n) is 1.95. The van der Waals surface area contributed by atoms with Gasteiger partial charge in [-0.15, -0.1) is 0 Å². The summed E-state index contributed by atoms with van der Waals surface area (Å²) >= 11 is 5.86. The summed E-state index contributed by atoms with van der Waals surface area (Å²) in [4.78, 5) is 4.28. The van der Waals surface area contributed by atoms with Crippen LogP contribution in [-0.4, -0.2) is 18.4 Å². The topological polar surface area (TPSA) is 50.4 Å². The monoisotopic (exact) mass is 183 g/mol. The van der Waals surface area contributed by atoms with Crippen molar-refractivity contribution in [2.75, 3.05) is 0 Å². The molecule has 0 aromatic rings. The fraction of sp³-hybridized carbons (Fsp3) is 0.375. The van der Waals surface area contributed by atoms with Crippen molar-refractivity contribution in [3.8, 4) is 0 Å². The van der Waals surface area contributed by atoms with Crippen molar-refractivity contribution in [2.45, 2.75) is 18.6 Å². The van der Waals surface area contributed by atoms with Crippen LogP contribution in [0, 0.1) is 0 Å². The average molecular weight is 184 g/mol. The van der Waals surface area contributed by atoms with Gasteiger partial charge in [0.05, 0.1) is 6.04 Å². The van der Waals surface area contributed by atoms with Crippen LogP contribution in [0.3, 0.4) is 0 Å². The Labute approximate surface area is 76.0 Å². The molecule has 1 heterocycles. The Morgan fingerprint density at radius 1 is 1.58 bits per heavy atom. The van der Waals surface area contributed by atoms with E-state index in [0.717, 1.165) is 17.2 Å². The SMILES string of the molecule is NC1C=NC2CC(Cl)=CC=C2N1. The Morgan fingerprint density at radius 3 is 3.25 bits per heavy atom. The fourth-order valence-electron chi connectivity index (χ4n) is 1.36. The minimum absolute atomic E-state index is 0.155. The van der Waals surface area contributed by atoms with Crippen LogP contribution in [0.4, 0.5) is 0 Å². The van der Waals surface area contributed by atoms with E-state index in [-0.39, 0.29) is 12.2 Å². The van der Waals surface area contributed by atoms with Crippen molar-refractivity contribution in [2.24, 2.45) is 10.7 Å². The predicted molar refractivity (Wildman–Crippen MR) is 50.0 cm³/mol. The largest absolute Gasteiger partial charge is 0.367 e. The van der Waals surface area contributed by atoms with E-state index in [1.165, 1.54) is 0 Å². The van der Waals surface area contributed by atoms with Crippen molar-refractivity contribution in [3.05, 3.63) is 22.9 Å². The highest BCUT2D eigenvalue weighted by molar-refractivity contribution is 6.29. The summed E-state index contributed by atoms with van der Waals surface area (Å²) in [6, 6.07) is 0.155. The van der Waals surface area contributed by atoms with Crippen LogP contribution in [0.1, 0.15) is 6.42 Å². The summed E-state index contributed by atoms with van der Waals surface area (Å²) in [5.74, 6) is 0. The van der Waals surface area contributed by atoms with Crippen molar-refractivity contribution in [1.29, 1.82) is 0 Å². The van der Waals surface area contributed by atoms with Gasteiger partial charge in [0.25, 0.3) is 0 Å². The van der Waals surface area contributed by atoms with E-state index in [2.05, 4.69) is 10.3 Å². The van der Waals surface area contributed by atoms with Crippen LogP contribution in [0.2, 0.25) is 0 Å². The number of halogens is 1. The third-order valence-corrected chi connectivity index (χ3v) is 2.23. The van der Waals surface area contributed by atoms with Crippen LogP contribution in [-0.2, 0) is 0 Å². The van der Waals surface area contributed by atoms with Crippen molar-refractivity contribution in [1.82, 2.24) is 5.32 Å². The predicted octanol–water partition coefficient (Wildman–Crippen LogP) is 0.724. The van der Waals surface area contributed by atoms with E-state index >= 15 is 0 Å². The molecule has 0 fully saturated rings. The average Bonchev–Trinajstić information content (AvgIpc) is 2.05. The molecular formula is C8H10ClN3. The molecule has 3 N–H and O–H groups in total. The fourth-order valence-corrected chi connectivity index (χ4v) is 1.57. The Morgan fingerprint density at radius 2 is 2.42 bits per heavy atom. The maximum absolute atomic E-state index is 5.86. The van der Waals surface area contributed by atoms with E-state index in [1.807, 2.05) is 12.2 Å². The second-order valence-electron chi connectivity index (χ2n) is 2.92. The van der Waals surface area contributed by atoms with Gasteiger partial charge in [0.2, 0.25) is 0 Å². The number of nitrogens with two attached hydrogens (primary N) is 1. The Kier molecular flexibility index (Phi) is 1.90. The minimum atomic E-state index is -0.155. The molecule has 1 aliphatic carbocycles. The summed E-state index contributed by atoms with van der Waals surface area (Å²) in [5.41, 5.74) is 6.69. The van der Waals surface area contributed by atoms with E-state index in [0.29, 0.717) is 0 Å². The van der Waals surface area contributed by atoms with Gasteiger partial charge in [0.1, 0.15) is 6.17 Å². The zero-order valence-corrected chi connectivity index (χ0v) is 7.25. The lowest BCUT2D eigenvalue weighted by Crippen LogP contribution is -2.45. The lowest BCUT2D eigenvalue weighted by atomic mass is 10.0. The summed E-state index contributed by atoms with van der Waals surface area (Å²) in [5, 5.41) is 3.97. The van der Waals surface area contributed by atoms with Gasteiger partial charge >= 0.3 is 0 Å². The number of nitrogens with one attached hydrogen (secondary N) is 1. The number of hydrogen-bond acceptors (Lipinski definition) is 3. The van der Waals surface area contributed by atoms with Gasteiger partial charge in [-0.05, 0) is 12.2 Å². The quantitative estimate of drug-likeness (QED) is 0.582. The molecule has 0 saturated heterocycles. The zero-order valence-electron chi connectivity index (χ0n) is 6.50. The highest BCUT2D eigenvalue weighted by atomic mass is 35.5. The minimum Gasteiger partial charge on any atom is -0.367 e. The first-order chi connectivity index (χ1) is 5.75. The van der Waals surface area contributed by atoms with Crippen LogP contribution in [0.25, 0.3) is 0 Å². The van der Waals surface area contributed by atoms with Crippen molar-refractivity contribution < 1.29 is 0 Å². The molecule has 2 atom stereocenters. The highest BCUT2D eigenvalue weighted by Gasteiger charge is 2.21. The van der Waals surface area contributed by atoms with Crippen LogP contribution in [0.5, 0.6) is 0 Å². The molecule has 0 bridgehead atoms.